The second-order valence-corrected chi connectivity index (χ2v) is 7.94. The minimum atomic E-state index is -0.461. The van der Waals surface area contributed by atoms with E-state index in [1.807, 2.05) is 52.0 Å². The third-order valence-corrected chi connectivity index (χ3v) is 5.47. The SMILES string of the molecule is CC1CC(C(=O)Nc2ccccc2B2OC(C)(C)C(C)(C)O2)C1. The summed E-state index contributed by atoms with van der Waals surface area (Å²) in [5.41, 5.74) is 0.888. The maximum Gasteiger partial charge on any atom is 0.496 e. The summed E-state index contributed by atoms with van der Waals surface area (Å²) in [6.45, 7) is 10.3. The van der Waals surface area contributed by atoms with Gasteiger partial charge in [-0.15, -0.1) is 0 Å². The molecule has 0 unspecified atom stereocenters. The lowest BCUT2D eigenvalue weighted by atomic mass is 9.75. The van der Waals surface area contributed by atoms with E-state index in [1.165, 1.54) is 0 Å². The Labute approximate surface area is 139 Å². The molecule has 0 bridgehead atoms. The summed E-state index contributed by atoms with van der Waals surface area (Å²) >= 11 is 0. The van der Waals surface area contributed by atoms with Crippen molar-refractivity contribution < 1.29 is 14.1 Å². The molecule has 1 aliphatic carbocycles. The van der Waals surface area contributed by atoms with E-state index < -0.39 is 18.3 Å². The summed E-state index contributed by atoms with van der Waals surface area (Å²) in [7, 11) is -0.461. The molecule has 1 aliphatic heterocycles. The second kappa shape index (κ2) is 5.64. The summed E-state index contributed by atoms with van der Waals surface area (Å²) in [4.78, 5) is 12.4. The van der Waals surface area contributed by atoms with Gasteiger partial charge in [0.2, 0.25) is 5.91 Å². The van der Waals surface area contributed by atoms with Crippen molar-refractivity contribution in [2.75, 3.05) is 5.32 Å². The average Bonchev–Trinajstić information content (AvgIpc) is 2.64. The van der Waals surface area contributed by atoms with Crippen molar-refractivity contribution in [1.82, 2.24) is 0 Å². The molecule has 1 saturated heterocycles. The van der Waals surface area contributed by atoms with Gasteiger partial charge in [0.05, 0.1) is 11.2 Å². The van der Waals surface area contributed by atoms with E-state index in [1.54, 1.807) is 0 Å². The van der Waals surface area contributed by atoms with Gasteiger partial charge >= 0.3 is 7.12 Å². The molecule has 1 saturated carbocycles. The van der Waals surface area contributed by atoms with Crippen LogP contribution in [0.1, 0.15) is 47.5 Å². The molecule has 0 spiro atoms. The number of carbonyl (C=O) groups excluding carboxylic acids is 1. The molecule has 0 aromatic heterocycles. The van der Waals surface area contributed by atoms with Crippen molar-refractivity contribution in [1.29, 1.82) is 0 Å². The summed E-state index contributed by atoms with van der Waals surface area (Å²) in [6.07, 6.45) is 1.95. The minimum absolute atomic E-state index is 0.104. The first kappa shape index (κ1) is 16.5. The molecule has 23 heavy (non-hydrogen) atoms. The molecule has 0 atom stereocenters. The Morgan fingerprint density at radius 3 is 2.26 bits per heavy atom. The normalized spacial score (nSPS) is 28.3. The zero-order valence-electron chi connectivity index (χ0n) is 14.7. The van der Waals surface area contributed by atoms with Crippen molar-refractivity contribution in [3.05, 3.63) is 24.3 Å². The predicted molar refractivity (Wildman–Crippen MR) is 92.7 cm³/mol. The van der Waals surface area contributed by atoms with Gasteiger partial charge in [0, 0.05) is 17.1 Å². The number of para-hydroxylation sites is 1. The van der Waals surface area contributed by atoms with Gasteiger partial charge in [0.1, 0.15) is 0 Å². The van der Waals surface area contributed by atoms with Crippen molar-refractivity contribution >= 4 is 24.2 Å². The summed E-state index contributed by atoms with van der Waals surface area (Å²) in [6, 6.07) is 7.75. The topological polar surface area (TPSA) is 47.6 Å². The number of rotatable bonds is 3. The van der Waals surface area contributed by atoms with Crippen LogP contribution in [0.2, 0.25) is 0 Å². The van der Waals surface area contributed by atoms with Crippen LogP contribution in [0.4, 0.5) is 5.69 Å². The van der Waals surface area contributed by atoms with Crippen molar-refractivity contribution in [3.63, 3.8) is 0 Å². The Morgan fingerprint density at radius 2 is 1.70 bits per heavy atom. The predicted octanol–water partition coefficient (Wildman–Crippen LogP) is 2.97. The van der Waals surface area contributed by atoms with Crippen LogP contribution in [0.5, 0.6) is 0 Å². The lowest BCUT2D eigenvalue weighted by molar-refractivity contribution is -0.123. The number of hydrogen-bond acceptors (Lipinski definition) is 3. The highest BCUT2D eigenvalue weighted by Gasteiger charge is 2.52. The number of hydrogen-bond donors (Lipinski definition) is 1. The summed E-state index contributed by atoms with van der Waals surface area (Å²) in [5.74, 6) is 0.896. The first-order valence-electron chi connectivity index (χ1n) is 8.45. The van der Waals surface area contributed by atoms with Gasteiger partial charge in [-0.1, -0.05) is 25.1 Å². The molecule has 124 valence electrons. The summed E-state index contributed by atoms with van der Waals surface area (Å²) in [5, 5.41) is 3.07. The van der Waals surface area contributed by atoms with Crippen molar-refractivity contribution in [2.45, 2.75) is 58.7 Å². The number of nitrogens with one attached hydrogen (secondary N) is 1. The second-order valence-electron chi connectivity index (χ2n) is 7.94. The molecule has 2 fully saturated rings. The Kier molecular flexibility index (Phi) is 4.05. The number of anilines is 1. The van der Waals surface area contributed by atoms with Crippen LogP contribution in [-0.2, 0) is 14.1 Å². The fourth-order valence-corrected chi connectivity index (χ4v) is 3.14. The molecule has 0 radical (unpaired) electrons. The molecule has 1 aromatic carbocycles. The van der Waals surface area contributed by atoms with Crippen LogP contribution in [0, 0.1) is 11.8 Å². The van der Waals surface area contributed by atoms with E-state index in [4.69, 9.17) is 9.31 Å². The molecule has 5 heteroatoms. The largest absolute Gasteiger partial charge is 0.496 e. The van der Waals surface area contributed by atoms with Crippen LogP contribution >= 0.6 is 0 Å². The molecular weight excluding hydrogens is 289 g/mol. The highest BCUT2D eigenvalue weighted by Crippen LogP contribution is 2.37. The highest BCUT2D eigenvalue weighted by molar-refractivity contribution is 6.64. The molecule has 1 heterocycles. The van der Waals surface area contributed by atoms with Crippen molar-refractivity contribution in [3.8, 4) is 0 Å². The third kappa shape index (κ3) is 3.04. The first-order valence-corrected chi connectivity index (χ1v) is 8.45. The molecule has 1 N–H and O–H groups in total. The Hall–Kier alpha value is -1.33. The van der Waals surface area contributed by atoms with Crippen LogP contribution in [-0.4, -0.2) is 24.2 Å². The molecular formula is C18H26BNO3. The van der Waals surface area contributed by atoms with E-state index >= 15 is 0 Å². The zero-order valence-corrected chi connectivity index (χ0v) is 14.7. The van der Waals surface area contributed by atoms with Gasteiger partial charge in [0.15, 0.2) is 0 Å². The average molecular weight is 315 g/mol. The fourth-order valence-electron chi connectivity index (χ4n) is 3.14. The van der Waals surface area contributed by atoms with Crippen LogP contribution in [0.25, 0.3) is 0 Å². The fraction of sp³-hybridized carbons (Fsp3) is 0.611. The Morgan fingerprint density at radius 1 is 1.13 bits per heavy atom. The summed E-state index contributed by atoms with van der Waals surface area (Å²) < 4.78 is 12.2. The maximum atomic E-state index is 12.4. The number of benzene rings is 1. The van der Waals surface area contributed by atoms with Gasteiger partial charge < -0.3 is 14.6 Å². The Balaban J connectivity index is 1.78. The van der Waals surface area contributed by atoms with Gasteiger partial charge in [-0.25, -0.2) is 0 Å². The number of amides is 1. The quantitative estimate of drug-likeness (QED) is 0.872. The Bertz CT molecular complexity index is 592. The van der Waals surface area contributed by atoms with Gasteiger partial charge in [-0.05, 0) is 52.5 Å². The van der Waals surface area contributed by atoms with Gasteiger partial charge in [0.25, 0.3) is 0 Å². The van der Waals surface area contributed by atoms with Crippen LogP contribution in [0.15, 0.2) is 24.3 Å². The number of carbonyl (C=O) groups is 1. The first-order chi connectivity index (χ1) is 10.7. The smallest absolute Gasteiger partial charge is 0.399 e. The zero-order chi connectivity index (χ0) is 16.8. The monoisotopic (exact) mass is 315 g/mol. The molecule has 3 rings (SSSR count). The van der Waals surface area contributed by atoms with Gasteiger partial charge in [-0.3, -0.25) is 4.79 Å². The van der Waals surface area contributed by atoms with Crippen molar-refractivity contribution in [2.24, 2.45) is 11.8 Å². The molecule has 4 nitrogen and oxygen atoms in total. The molecule has 1 aromatic rings. The molecule has 2 aliphatic rings. The molecule has 1 amide bonds. The minimum Gasteiger partial charge on any atom is -0.399 e. The highest BCUT2D eigenvalue weighted by atomic mass is 16.7. The van der Waals surface area contributed by atoms with E-state index in [0.717, 1.165) is 24.0 Å². The van der Waals surface area contributed by atoms with E-state index in [9.17, 15) is 4.79 Å². The van der Waals surface area contributed by atoms with Gasteiger partial charge in [-0.2, -0.15) is 0 Å². The maximum absolute atomic E-state index is 12.4. The standard InChI is InChI=1S/C18H26BNO3/c1-12-10-13(11-12)16(21)20-15-9-7-6-8-14(15)19-22-17(2,3)18(4,5)23-19/h6-9,12-13H,10-11H2,1-5H3,(H,20,21). The van der Waals surface area contributed by atoms with E-state index in [-0.39, 0.29) is 11.8 Å². The van der Waals surface area contributed by atoms with Crippen LogP contribution in [0.3, 0.4) is 0 Å². The van der Waals surface area contributed by atoms with Crippen LogP contribution < -0.4 is 10.8 Å². The lowest BCUT2D eigenvalue weighted by Gasteiger charge is -2.32. The van der Waals surface area contributed by atoms with E-state index in [2.05, 4.69) is 12.2 Å². The lowest BCUT2D eigenvalue weighted by Crippen LogP contribution is -2.41. The van der Waals surface area contributed by atoms with E-state index in [0.29, 0.717) is 5.92 Å². The third-order valence-electron chi connectivity index (χ3n) is 5.47.